The molecule has 7 nitrogen and oxygen atoms in total. The molecule has 3 aromatic rings. The molecule has 0 spiro atoms. The summed E-state index contributed by atoms with van der Waals surface area (Å²) in [5, 5.41) is 3.14. The van der Waals surface area contributed by atoms with Crippen molar-refractivity contribution < 1.29 is 19.1 Å². The summed E-state index contributed by atoms with van der Waals surface area (Å²) in [6.45, 7) is 5.90. The Morgan fingerprint density at radius 2 is 2.10 bits per heavy atom. The van der Waals surface area contributed by atoms with Gasteiger partial charge in [-0.05, 0) is 56.7 Å². The zero-order valence-corrected chi connectivity index (χ0v) is 17.4. The Balaban J connectivity index is 1.61. The zero-order chi connectivity index (χ0) is 20.8. The van der Waals surface area contributed by atoms with Gasteiger partial charge in [-0.25, -0.2) is 4.98 Å². The third kappa shape index (κ3) is 3.29. The van der Waals surface area contributed by atoms with Gasteiger partial charge in [0.2, 0.25) is 0 Å². The number of hydrogen-bond acceptors (Lipinski definition) is 6. The second-order valence-corrected chi connectivity index (χ2v) is 8.04. The van der Waals surface area contributed by atoms with Crippen LogP contribution in [0, 0.1) is 6.92 Å². The van der Waals surface area contributed by atoms with Gasteiger partial charge in [-0.3, -0.25) is 14.9 Å². The molecule has 0 fully saturated rings. The molecule has 2 amide bonds. The third-order valence-electron chi connectivity index (χ3n) is 4.83. The Kier molecular flexibility index (Phi) is 4.66. The maximum absolute atomic E-state index is 13.0. The minimum Gasteiger partial charge on any atom is -0.494 e. The van der Waals surface area contributed by atoms with Crippen LogP contribution in [0.3, 0.4) is 0 Å². The number of carbonyl (C=O) groups excluding carboxylic acids is 2. The van der Waals surface area contributed by atoms with Gasteiger partial charge in [-0.1, -0.05) is 17.4 Å². The summed E-state index contributed by atoms with van der Waals surface area (Å²) in [5.41, 5.74) is 0.697. The van der Waals surface area contributed by atoms with Crippen molar-refractivity contribution in [2.24, 2.45) is 0 Å². The molecule has 1 N–H and O–H groups in total. The number of likely N-dealkylation sites (N-methyl/N-ethyl adjacent to an activating group) is 1. The number of amides is 2. The Hall–Kier alpha value is -3.13. The fourth-order valence-electron chi connectivity index (χ4n) is 3.24. The molecule has 1 atom stereocenters. The molecule has 1 aliphatic rings. The van der Waals surface area contributed by atoms with E-state index in [-0.39, 0.29) is 0 Å². The fraction of sp³-hybridized carbons (Fsp3) is 0.286. The molecule has 150 valence electrons. The summed E-state index contributed by atoms with van der Waals surface area (Å²) in [6.07, 6.45) is 0. The highest BCUT2D eigenvalue weighted by molar-refractivity contribution is 7.22. The lowest BCUT2D eigenvalue weighted by Crippen LogP contribution is -2.59. The fourth-order valence-corrected chi connectivity index (χ4v) is 4.13. The molecule has 0 radical (unpaired) electrons. The van der Waals surface area contributed by atoms with Gasteiger partial charge in [0.15, 0.2) is 5.13 Å². The van der Waals surface area contributed by atoms with E-state index in [1.54, 1.807) is 13.1 Å². The SMILES string of the molecule is CCOc1ccc2nc(NC(=O)C3(C)Oc4ccc(C)cc4N(C)C3=O)sc2c1. The van der Waals surface area contributed by atoms with Crippen LogP contribution in [-0.2, 0) is 9.59 Å². The Morgan fingerprint density at radius 1 is 1.31 bits per heavy atom. The smallest absolute Gasteiger partial charge is 0.280 e. The summed E-state index contributed by atoms with van der Waals surface area (Å²) in [6, 6.07) is 11.1. The van der Waals surface area contributed by atoms with E-state index in [1.165, 1.54) is 23.2 Å². The standard InChI is InChI=1S/C21H21N3O4S/c1-5-27-13-7-8-14-17(11-13)29-20(22-14)23-18(25)21(3)19(26)24(4)15-10-12(2)6-9-16(15)28-21/h6-11H,5H2,1-4H3,(H,22,23,25). The molecular formula is C21H21N3O4S. The van der Waals surface area contributed by atoms with Crippen molar-refractivity contribution in [1.29, 1.82) is 0 Å². The van der Waals surface area contributed by atoms with Crippen molar-refractivity contribution in [3.05, 3.63) is 42.0 Å². The molecule has 0 saturated heterocycles. The largest absolute Gasteiger partial charge is 0.494 e. The lowest BCUT2D eigenvalue weighted by Gasteiger charge is -2.37. The van der Waals surface area contributed by atoms with Crippen LogP contribution in [0.2, 0.25) is 0 Å². The number of thiazole rings is 1. The Morgan fingerprint density at radius 3 is 2.86 bits per heavy atom. The minimum absolute atomic E-state index is 0.397. The van der Waals surface area contributed by atoms with Gasteiger partial charge in [0.05, 0.1) is 22.5 Å². The van der Waals surface area contributed by atoms with E-state index in [9.17, 15) is 9.59 Å². The number of carbonyl (C=O) groups is 2. The number of nitrogens with one attached hydrogen (secondary N) is 1. The van der Waals surface area contributed by atoms with Crippen LogP contribution >= 0.6 is 11.3 Å². The maximum Gasteiger partial charge on any atom is 0.280 e. The van der Waals surface area contributed by atoms with Gasteiger partial charge in [0, 0.05) is 7.05 Å². The molecule has 2 heterocycles. The van der Waals surface area contributed by atoms with Gasteiger partial charge in [-0.2, -0.15) is 0 Å². The van der Waals surface area contributed by atoms with E-state index in [4.69, 9.17) is 9.47 Å². The first-order valence-electron chi connectivity index (χ1n) is 9.24. The van der Waals surface area contributed by atoms with E-state index in [0.717, 1.165) is 21.5 Å². The second kappa shape index (κ2) is 7.04. The number of anilines is 2. The molecule has 1 aliphatic heterocycles. The van der Waals surface area contributed by atoms with Gasteiger partial charge < -0.3 is 14.4 Å². The maximum atomic E-state index is 13.0. The van der Waals surface area contributed by atoms with Gasteiger partial charge in [0.25, 0.3) is 17.4 Å². The molecule has 1 aromatic heterocycles. The first-order chi connectivity index (χ1) is 13.8. The highest BCUT2D eigenvalue weighted by atomic mass is 32.1. The number of benzene rings is 2. The molecule has 0 saturated carbocycles. The van der Waals surface area contributed by atoms with Crippen molar-refractivity contribution >= 4 is 44.2 Å². The first-order valence-corrected chi connectivity index (χ1v) is 10.1. The van der Waals surface area contributed by atoms with Crippen molar-refractivity contribution in [3.8, 4) is 11.5 Å². The summed E-state index contributed by atoms with van der Waals surface area (Å²) in [5.74, 6) is 0.228. The Labute approximate surface area is 172 Å². The van der Waals surface area contributed by atoms with Gasteiger partial charge in [-0.15, -0.1) is 0 Å². The summed E-state index contributed by atoms with van der Waals surface area (Å²) < 4.78 is 12.3. The van der Waals surface area contributed by atoms with Crippen LogP contribution in [-0.4, -0.2) is 36.1 Å². The van der Waals surface area contributed by atoms with Crippen molar-refractivity contribution in [2.75, 3.05) is 23.9 Å². The van der Waals surface area contributed by atoms with Crippen molar-refractivity contribution in [2.45, 2.75) is 26.4 Å². The number of fused-ring (bicyclic) bond motifs is 2. The van der Waals surface area contributed by atoms with Crippen LogP contribution < -0.4 is 19.7 Å². The molecule has 0 aliphatic carbocycles. The Bertz CT molecular complexity index is 1130. The summed E-state index contributed by atoms with van der Waals surface area (Å²) in [4.78, 5) is 31.9. The van der Waals surface area contributed by atoms with Crippen molar-refractivity contribution in [3.63, 3.8) is 0 Å². The minimum atomic E-state index is -1.69. The normalized spacial score (nSPS) is 18.3. The molecule has 0 bridgehead atoms. The lowest BCUT2D eigenvalue weighted by molar-refractivity contribution is -0.144. The number of hydrogen-bond donors (Lipinski definition) is 1. The zero-order valence-electron chi connectivity index (χ0n) is 16.6. The lowest BCUT2D eigenvalue weighted by atomic mass is 10.00. The van der Waals surface area contributed by atoms with Gasteiger partial charge >= 0.3 is 0 Å². The van der Waals surface area contributed by atoms with Crippen LogP contribution in [0.5, 0.6) is 11.5 Å². The quantitative estimate of drug-likeness (QED) is 0.661. The van der Waals surface area contributed by atoms with E-state index >= 15 is 0 Å². The van der Waals surface area contributed by atoms with E-state index < -0.39 is 17.4 Å². The van der Waals surface area contributed by atoms with Crippen LogP contribution in [0.25, 0.3) is 10.2 Å². The highest BCUT2D eigenvalue weighted by Crippen LogP contribution is 2.38. The second-order valence-electron chi connectivity index (χ2n) is 7.01. The molecule has 2 aromatic carbocycles. The molecule has 4 rings (SSSR count). The number of aryl methyl sites for hydroxylation is 1. The first kappa shape index (κ1) is 19.2. The highest BCUT2D eigenvalue weighted by Gasteiger charge is 2.50. The molecule has 1 unspecified atom stereocenters. The monoisotopic (exact) mass is 411 g/mol. The molecule has 8 heteroatoms. The number of aromatic nitrogens is 1. The van der Waals surface area contributed by atoms with Gasteiger partial charge in [0.1, 0.15) is 11.5 Å². The third-order valence-corrected chi connectivity index (χ3v) is 5.76. The van der Waals surface area contributed by atoms with E-state index in [1.807, 2.05) is 44.2 Å². The van der Waals surface area contributed by atoms with Crippen molar-refractivity contribution in [1.82, 2.24) is 4.98 Å². The van der Waals surface area contributed by atoms with E-state index in [2.05, 4.69) is 10.3 Å². The van der Waals surface area contributed by atoms with Crippen LogP contribution in [0.15, 0.2) is 36.4 Å². The summed E-state index contributed by atoms with van der Waals surface area (Å²) >= 11 is 1.31. The number of ether oxygens (including phenoxy) is 2. The molecular weight excluding hydrogens is 390 g/mol. The average molecular weight is 411 g/mol. The van der Waals surface area contributed by atoms with E-state index in [0.29, 0.717) is 23.2 Å². The number of rotatable bonds is 4. The predicted octanol–water partition coefficient (Wildman–Crippen LogP) is 3.76. The topological polar surface area (TPSA) is 80.8 Å². The summed E-state index contributed by atoms with van der Waals surface area (Å²) in [7, 11) is 1.64. The predicted molar refractivity (Wildman–Crippen MR) is 113 cm³/mol. The van der Waals surface area contributed by atoms with Crippen LogP contribution in [0.1, 0.15) is 19.4 Å². The molecule has 29 heavy (non-hydrogen) atoms. The number of nitrogens with zero attached hydrogens (tertiary/aromatic N) is 2. The average Bonchev–Trinajstić information content (AvgIpc) is 3.09. The van der Waals surface area contributed by atoms with Crippen LogP contribution in [0.4, 0.5) is 10.8 Å².